The van der Waals surface area contributed by atoms with Crippen LogP contribution in [0.1, 0.15) is 35.4 Å². The van der Waals surface area contributed by atoms with Crippen LogP contribution in [0.2, 0.25) is 0 Å². The van der Waals surface area contributed by atoms with Gasteiger partial charge in [-0.1, -0.05) is 60.7 Å². The maximum Gasteiger partial charge on any atom is 0.410 e. The van der Waals surface area contributed by atoms with Crippen molar-refractivity contribution in [2.45, 2.75) is 49.5 Å². The Morgan fingerprint density at radius 3 is 2.24 bits per heavy atom. The summed E-state index contributed by atoms with van der Waals surface area (Å²) >= 11 is 0. The monoisotopic (exact) mass is 521 g/mol. The topological polar surface area (TPSA) is 68.2 Å². The normalized spacial score (nSPS) is 24.2. The number of aliphatic hydroxyl groups is 1. The molecule has 2 fully saturated rings. The fourth-order valence-electron chi connectivity index (χ4n) is 6.40. The van der Waals surface area contributed by atoms with E-state index < -0.39 is 18.3 Å². The third-order valence-electron chi connectivity index (χ3n) is 7.84. The first-order chi connectivity index (χ1) is 18.4. The molecule has 3 aromatic carbocycles. The molecule has 2 heterocycles. The van der Waals surface area contributed by atoms with Crippen LogP contribution in [0.15, 0.2) is 72.8 Å². The fourth-order valence-corrected chi connectivity index (χ4v) is 6.40. The number of rotatable bonds is 6. The zero-order valence-electron chi connectivity index (χ0n) is 20.8. The number of carbonyl (C=O) groups excluding carboxylic acids is 1. The van der Waals surface area contributed by atoms with Gasteiger partial charge in [-0.05, 0) is 52.8 Å². The molecular formula is C30H29F2NO5. The number of morpholine rings is 1. The highest BCUT2D eigenvalue weighted by molar-refractivity contribution is 5.79. The van der Waals surface area contributed by atoms with Crippen LogP contribution >= 0.6 is 0 Å². The van der Waals surface area contributed by atoms with Crippen molar-refractivity contribution in [3.63, 3.8) is 0 Å². The number of nitrogens with zero attached hydrogens (tertiary/aromatic N) is 1. The van der Waals surface area contributed by atoms with E-state index in [2.05, 4.69) is 29.0 Å². The minimum Gasteiger partial charge on any atom is -0.448 e. The first-order valence-corrected chi connectivity index (χ1v) is 12.9. The van der Waals surface area contributed by atoms with E-state index in [0.29, 0.717) is 31.6 Å². The predicted octanol–water partition coefficient (Wildman–Crippen LogP) is 5.37. The number of hydrogen-bond acceptors (Lipinski definition) is 5. The lowest BCUT2D eigenvalue weighted by Gasteiger charge is -2.51. The molecule has 38 heavy (non-hydrogen) atoms. The first kappa shape index (κ1) is 24.8. The number of hydrogen-bond donors (Lipinski definition) is 1. The molecule has 198 valence electrons. The Labute approximate surface area is 219 Å². The van der Waals surface area contributed by atoms with Gasteiger partial charge in [0.05, 0.1) is 30.9 Å². The van der Waals surface area contributed by atoms with Gasteiger partial charge in [0, 0.05) is 12.3 Å². The van der Waals surface area contributed by atoms with Gasteiger partial charge in [-0.15, -0.1) is 0 Å². The number of alkyl halides is 2. The number of amides is 1. The molecule has 3 aliphatic rings. The molecule has 0 saturated carbocycles. The molecule has 1 aliphatic carbocycles. The Bertz CT molecular complexity index is 1270. The largest absolute Gasteiger partial charge is 0.448 e. The average Bonchev–Trinajstić information content (AvgIpc) is 3.20. The first-order valence-electron chi connectivity index (χ1n) is 12.9. The van der Waals surface area contributed by atoms with Crippen molar-refractivity contribution in [2.75, 3.05) is 19.8 Å². The third-order valence-corrected chi connectivity index (χ3v) is 7.84. The van der Waals surface area contributed by atoms with Gasteiger partial charge in [0.2, 0.25) is 0 Å². The van der Waals surface area contributed by atoms with E-state index in [4.69, 9.17) is 9.47 Å². The van der Waals surface area contributed by atoms with Gasteiger partial charge in [0.1, 0.15) is 12.4 Å². The van der Waals surface area contributed by atoms with E-state index in [1.54, 1.807) is 17.0 Å². The summed E-state index contributed by atoms with van der Waals surface area (Å²) in [4.78, 5) is 15.1. The quantitative estimate of drug-likeness (QED) is 0.472. The second kappa shape index (κ2) is 10.0. The summed E-state index contributed by atoms with van der Waals surface area (Å²) in [5.41, 5.74) is 4.22. The van der Waals surface area contributed by atoms with Crippen LogP contribution in [-0.4, -0.2) is 60.2 Å². The number of ether oxygens (including phenoxy) is 3. The smallest absolute Gasteiger partial charge is 0.410 e. The summed E-state index contributed by atoms with van der Waals surface area (Å²) in [6.07, 6.45) is 0.458. The van der Waals surface area contributed by atoms with Gasteiger partial charge in [-0.25, -0.2) is 4.79 Å². The van der Waals surface area contributed by atoms with E-state index in [1.165, 1.54) is 23.3 Å². The maximum atomic E-state index is 13.4. The van der Waals surface area contributed by atoms with Crippen molar-refractivity contribution < 1.29 is 32.9 Å². The van der Waals surface area contributed by atoms with Crippen LogP contribution in [0.3, 0.4) is 0 Å². The summed E-state index contributed by atoms with van der Waals surface area (Å²) < 4.78 is 41.4. The Balaban J connectivity index is 1.15. The molecule has 1 N–H and O–H groups in total. The van der Waals surface area contributed by atoms with Crippen LogP contribution < -0.4 is 4.74 Å². The zero-order valence-corrected chi connectivity index (χ0v) is 20.8. The van der Waals surface area contributed by atoms with E-state index in [9.17, 15) is 18.7 Å². The Morgan fingerprint density at radius 2 is 1.61 bits per heavy atom. The second-order valence-electron chi connectivity index (χ2n) is 10.4. The Morgan fingerprint density at radius 1 is 0.974 bits per heavy atom. The molecule has 1 amide bonds. The molecule has 6 nitrogen and oxygen atoms in total. The molecule has 2 atom stereocenters. The van der Waals surface area contributed by atoms with Crippen molar-refractivity contribution in [3.8, 4) is 16.9 Å². The molecule has 3 aromatic rings. The molecule has 2 bridgehead atoms. The van der Waals surface area contributed by atoms with Crippen LogP contribution in [0.25, 0.3) is 11.1 Å². The van der Waals surface area contributed by atoms with Crippen molar-refractivity contribution in [1.29, 1.82) is 0 Å². The number of carbonyl (C=O) groups is 1. The van der Waals surface area contributed by atoms with Crippen LogP contribution in [-0.2, 0) is 15.9 Å². The standard InChI is InChI=1S/C30H29F2NO5/c31-28(32)38-22-7-5-6-19(12-22)13-30(35)14-20-16-36-17-21(15-30)33(20)29(34)37-18-27-25-10-3-1-8-23(25)24-9-2-4-11-26(24)27/h1-12,20-21,27-28,35H,13-18H2. The Hall–Kier alpha value is -3.49. The van der Waals surface area contributed by atoms with Gasteiger partial charge in [-0.2, -0.15) is 8.78 Å². The van der Waals surface area contributed by atoms with E-state index in [-0.39, 0.29) is 36.8 Å². The van der Waals surface area contributed by atoms with Crippen LogP contribution in [0.5, 0.6) is 5.75 Å². The lowest BCUT2D eigenvalue weighted by atomic mass is 9.78. The highest BCUT2D eigenvalue weighted by atomic mass is 19.3. The molecule has 2 aliphatic heterocycles. The summed E-state index contributed by atoms with van der Waals surface area (Å²) in [6.45, 7) is -2.08. The minimum absolute atomic E-state index is 0.0353. The van der Waals surface area contributed by atoms with E-state index >= 15 is 0 Å². The van der Waals surface area contributed by atoms with Crippen LogP contribution in [0.4, 0.5) is 13.6 Å². The SMILES string of the molecule is O=C(OCC1c2ccccc2-c2ccccc21)N1C2COCC1CC(O)(Cc1cccc(OC(F)F)c1)C2. The van der Waals surface area contributed by atoms with Gasteiger partial charge in [0.15, 0.2) is 0 Å². The third kappa shape index (κ3) is 4.74. The van der Waals surface area contributed by atoms with Crippen molar-refractivity contribution in [3.05, 3.63) is 89.5 Å². The van der Waals surface area contributed by atoms with Crippen molar-refractivity contribution in [1.82, 2.24) is 4.90 Å². The maximum absolute atomic E-state index is 13.4. The molecule has 0 spiro atoms. The lowest BCUT2D eigenvalue weighted by molar-refractivity contribution is -0.132. The number of benzene rings is 3. The fraction of sp³-hybridized carbons (Fsp3) is 0.367. The van der Waals surface area contributed by atoms with Gasteiger partial charge < -0.3 is 19.3 Å². The molecule has 2 saturated heterocycles. The summed E-state index contributed by atoms with van der Waals surface area (Å²) in [6, 6.07) is 22.1. The minimum atomic E-state index is -2.91. The van der Waals surface area contributed by atoms with Crippen molar-refractivity contribution >= 4 is 6.09 Å². The number of halogens is 2. The average molecular weight is 522 g/mol. The molecule has 6 rings (SSSR count). The van der Waals surface area contributed by atoms with Crippen LogP contribution in [0, 0.1) is 0 Å². The molecule has 0 aromatic heterocycles. The van der Waals surface area contributed by atoms with Crippen molar-refractivity contribution in [2.24, 2.45) is 0 Å². The highest BCUT2D eigenvalue weighted by Gasteiger charge is 2.48. The van der Waals surface area contributed by atoms with Gasteiger partial charge in [-0.3, -0.25) is 4.90 Å². The van der Waals surface area contributed by atoms with Gasteiger partial charge in [0.25, 0.3) is 0 Å². The summed E-state index contributed by atoms with van der Waals surface area (Å²) in [5.74, 6) is 0.0209. The molecule has 0 radical (unpaired) electrons. The number of fused-ring (bicyclic) bond motifs is 5. The second-order valence-corrected chi connectivity index (χ2v) is 10.4. The van der Waals surface area contributed by atoms with Gasteiger partial charge >= 0.3 is 12.7 Å². The zero-order chi connectivity index (χ0) is 26.3. The Kier molecular flexibility index (Phi) is 6.53. The molecule has 2 unspecified atom stereocenters. The lowest BCUT2D eigenvalue weighted by Crippen LogP contribution is -2.64. The molecular weight excluding hydrogens is 492 g/mol. The van der Waals surface area contributed by atoms with E-state index in [1.807, 2.05) is 24.3 Å². The summed E-state index contributed by atoms with van der Waals surface area (Å²) in [7, 11) is 0. The molecule has 8 heteroatoms. The summed E-state index contributed by atoms with van der Waals surface area (Å²) in [5, 5.41) is 11.5. The van der Waals surface area contributed by atoms with E-state index in [0.717, 1.165) is 11.1 Å². The number of piperidine rings is 1. The predicted molar refractivity (Wildman–Crippen MR) is 136 cm³/mol. The highest BCUT2D eigenvalue weighted by Crippen LogP contribution is 2.45.